The van der Waals surface area contributed by atoms with Gasteiger partial charge in [-0.2, -0.15) is 4.31 Å². The monoisotopic (exact) mass is 421 g/mol. The summed E-state index contributed by atoms with van der Waals surface area (Å²) in [6.07, 6.45) is 0. The summed E-state index contributed by atoms with van der Waals surface area (Å²) in [5.74, 6) is 0.842. The fourth-order valence-corrected chi connectivity index (χ4v) is 4.19. The van der Waals surface area contributed by atoms with Gasteiger partial charge in [0, 0.05) is 24.8 Å². The zero-order chi connectivity index (χ0) is 21.4. The van der Waals surface area contributed by atoms with Crippen molar-refractivity contribution in [3.05, 3.63) is 42.5 Å². The Hall–Kier alpha value is -2.78. The van der Waals surface area contributed by atoms with Crippen molar-refractivity contribution in [2.75, 3.05) is 44.5 Å². The third-order valence-corrected chi connectivity index (χ3v) is 6.40. The molecule has 0 unspecified atom stereocenters. The second-order valence-electron chi connectivity index (χ2n) is 6.08. The van der Waals surface area contributed by atoms with Crippen molar-refractivity contribution < 1.29 is 22.7 Å². The molecule has 0 atom stereocenters. The number of benzene rings is 2. The van der Waals surface area contributed by atoms with E-state index in [1.165, 1.54) is 23.5 Å². The highest BCUT2D eigenvalue weighted by Crippen LogP contribution is 2.29. The molecule has 0 aliphatic carbocycles. The van der Waals surface area contributed by atoms with Gasteiger partial charge in [0.2, 0.25) is 15.9 Å². The largest absolute Gasteiger partial charge is 0.497 e. The van der Waals surface area contributed by atoms with Crippen molar-refractivity contribution >= 4 is 27.3 Å². The molecule has 0 aromatic heterocycles. The smallest absolute Gasteiger partial charge is 0.243 e. The first-order chi connectivity index (χ1) is 13.8. The lowest BCUT2D eigenvalue weighted by atomic mass is 10.2. The number of nitrogens with one attached hydrogen (secondary N) is 2. The molecular formula is C20H27N3O5S. The van der Waals surface area contributed by atoms with Crippen molar-refractivity contribution in [3.8, 4) is 11.5 Å². The number of sulfonamides is 1. The summed E-state index contributed by atoms with van der Waals surface area (Å²) in [4.78, 5) is 12.5. The standard InChI is InChI=1S/C20H27N3O5S/c1-5-23(6-2)29(25,26)17-10-7-15(8-11-17)21-14-20(24)22-18-12-9-16(27-3)13-19(18)28-4/h7-13,21H,5-6,14H2,1-4H3,(H,22,24). The topological polar surface area (TPSA) is 97.0 Å². The van der Waals surface area contributed by atoms with Gasteiger partial charge in [0.05, 0.1) is 31.3 Å². The molecule has 29 heavy (non-hydrogen) atoms. The highest BCUT2D eigenvalue weighted by molar-refractivity contribution is 7.89. The number of methoxy groups -OCH3 is 2. The maximum absolute atomic E-state index is 12.5. The van der Waals surface area contributed by atoms with Gasteiger partial charge in [-0.15, -0.1) is 0 Å². The van der Waals surface area contributed by atoms with E-state index in [1.807, 2.05) is 0 Å². The molecule has 0 spiro atoms. The Morgan fingerprint density at radius 2 is 1.66 bits per heavy atom. The fraction of sp³-hybridized carbons (Fsp3) is 0.350. The molecule has 8 nitrogen and oxygen atoms in total. The summed E-state index contributed by atoms with van der Waals surface area (Å²) in [7, 11) is -0.440. The maximum Gasteiger partial charge on any atom is 0.243 e. The van der Waals surface area contributed by atoms with E-state index in [2.05, 4.69) is 10.6 Å². The van der Waals surface area contributed by atoms with Crippen molar-refractivity contribution in [3.63, 3.8) is 0 Å². The molecule has 0 saturated carbocycles. The lowest BCUT2D eigenvalue weighted by molar-refractivity contribution is -0.114. The van der Waals surface area contributed by atoms with Crippen molar-refractivity contribution in [1.29, 1.82) is 0 Å². The van der Waals surface area contributed by atoms with Crippen molar-refractivity contribution in [2.45, 2.75) is 18.7 Å². The first kappa shape index (κ1) is 22.5. The van der Waals surface area contributed by atoms with Crippen LogP contribution in [0.5, 0.6) is 11.5 Å². The number of ether oxygens (including phenoxy) is 2. The number of hydrogen-bond acceptors (Lipinski definition) is 6. The summed E-state index contributed by atoms with van der Waals surface area (Å²) >= 11 is 0. The van der Waals surface area contributed by atoms with E-state index >= 15 is 0 Å². The third-order valence-electron chi connectivity index (χ3n) is 4.33. The van der Waals surface area contributed by atoms with Gasteiger partial charge < -0.3 is 20.1 Å². The van der Waals surface area contributed by atoms with Gasteiger partial charge in [0.25, 0.3) is 0 Å². The van der Waals surface area contributed by atoms with Crippen LogP contribution >= 0.6 is 0 Å². The molecule has 158 valence electrons. The maximum atomic E-state index is 12.5. The quantitative estimate of drug-likeness (QED) is 0.612. The molecule has 2 aromatic carbocycles. The number of hydrogen-bond donors (Lipinski definition) is 2. The Balaban J connectivity index is 1.99. The van der Waals surface area contributed by atoms with Crippen LogP contribution in [0.3, 0.4) is 0 Å². The predicted octanol–water partition coefficient (Wildman–Crippen LogP) is 2.78. The second kappa shape index (κ2) is 10.1. The summed E-state index contributed by atoms with van der Waals surface area (Å²) < 4.78 is 36.8. The Morgan fingerprint density at radius 3 is 2.21 bits per heavy atom. The molecule has 0 heterocycles. The normalized spacial score (nSPS) is 11.2. The highest BCUT2D eigenvalue weighted by atomic mass is 32.2. The second-order valence-corrected chi connectivity index (χ2v) is 8.02. The number of amides is 1. The molecule has 2 N–H and O–H groups in total. The van der Waals surface area contributed by atoms with Gasteiger partial charge in [-0.25, -0.2) is 8.42 Å². The van der Waals surface area contributed by atoms with Crippen LogP contribution in [0.4, 0.5) is 11.4 Å². The summed E-state index contributed by atoms with van der Waals surface area (Å²) in [6.45, 7) is 4.43. The average Bonchev–Trinajstić information content (AvgIpc) is 2.73. The van der Waals surface area contributed by atoms with E-state index in [9.17, 15) is 13.2 Å². The minimum Gasteiger partial charge on any atom is -0.497 e. The third kappa shape index (κ3) is 5.61. The summed E-state index contributed by atoms with van der Waals surface area (Å²) in [5.41, 5.74) is 1.17. The van der Waals surface area contributed by atoms with Crippen molar-refractivity contribution in [2.24, 2.45) is 0 Å². The van der Waals surface area contributed by atoms with Crippen LogP contribution in [0.2, 0.25) is 0 Å². The van der Waals surface area contributed by atoms with Crippen LogP contribution in [0.25, 0.3) is 0 Å². The fourth-order valence-electron chi connectivity index (χ4n) is 2.74. The van der Waals surface area contributed by atoms with E-state index in [1.54, 1.807) is 51.3 Å². The van der Waals surface area contributed by atoms with Gasteiger partial charge in [-0.1, -0.05) is 13.8 Å². The molecule has 0 fully saturated rings. The van der Waals surface area contributed by atoms with Gasteiger partial charge in [-0.3, -0.25) is 4.79 Å². The Labute approximate surface area is 171 Å². The Morgan fingerprint density at radius 1 is 1.00 bits per heavy atom. The molecule has 2 rings (SSSR count). The van der Waals surface area contributed by atoms with E-state index in [0.29, 0.717) is 36.0 Å². The lowest BCUT2D eigenvalue weighted by Gasteiger charge is -2.18. The lowest BCUT2D eigenvalue weighted by Crippen LogP contribution is -2.30. The van der Waals surface area contributed by atoms with Crippen LogP contribution in [-0.4, -0.2) is 52.5 Å². The number of nitrogens with zero attached hydrogens (tertiary/aromatic N) is 1. The minimum absolute atomic E-state index is 0.0112. The molecule has 0 radical (unpaired) electrons. The SMILES string of the molecule is CCN(CC)S(=O)(=O)c1ccc(NCC(=O)Nc2ccc(OC)cc2OC)cc1. The van der Waals surface area contributed by atoms with Crippen molar-refractivity contribution in [1.82, 2.24) is 4.31 Å². The molecule has 1 amide bonds. The van der Waals surface area contributed by atoms with E-state index in [0.717, 1.165) is 0 Å². The van der Waals surface area contributed by atoms with Gasteiger partial charge >= 0.3 is 0 Å². The molecule has 0 saturated heterocycles. The number of rotatable bonds is 10. The van der Waals surface area contributed by atoms with Crippen LogP contribution in [-0.2, 0) is 14.8 Å². The molecule has 9 heteroatoms. The Bertz CT molecular complexity index is 926. The van der Waals surface area contributed by atoms with Crippen LogP contribution in [0.1, 0.15) is 13.8 Å². The van der Waals surface area contributed by atoms with Gasteiger partial charge in [0.15, 0.2) is 0 Å². The zero-order valence-corrected chi connectivity index (χ0v) is 17.9. The minimum atomic E-state index is -3.50. The Kier molecular flexibility index (Phi) is 7.86. The predicted molar refractivity (Wildman–Crippen MR) is 113 cm³/mol. The first-order valence-corrected chi connectivity index (χ1v) is 10.7. The van der Waals surface area contributed by atoms with Crippen LogP contribution in [0.15, 0.2) is 47.4 Å². The average molecular weight is 422 g/mol. The van der Waals surface area contributed by atoms with E-state index in [-0.39, 0.29) is 17.3 Å². The van der Waals surface area contributed by atoms with Crippen LogP contribution < -0.4 is 20.1 Å². The number of anilines is 2. The van der Waals surface area contributed by atoms with Crippen LogP contribution in [0, 0.1) is 0 Å². The first-order valence-electron chi connectivity index (χ1n) is 9.21. The molecule has 0 aliphatic rings. The number of carbonyl (C=O) groups is 1. The summed E-state index contributed by atoms with van der Waals surface area (Å²) in [5, 5.41) is 5.74. The highest BCUT2D eigenvalue weighted by Gasteiger charge is 2.21. The number of carbonyl (C=O) groups excluding carboxylic acids is 1. The van der Waals surface area contributed by atoms with E-state index in [4.69, 9.17) is 9.47 Å². The molecule has 0 aliphatic heterocycles. The van der Waals surface area contributed by atoms with Gasteiger partial charge in [-0.05, 0) is 36.4 Å². The van der Waals surface area contributed by atoms with E-state index < -0.39 is 10.0 Å². The molecule has 0 bridgehead atoms. The zero-order valence-electron chi connectivity index (χ0n) is 17.1. The summed E-state index contributed by atoms with van der Waals surface area (Å²) in [6, 6.07) is 11.4. The molecule has 2 aromatic rings. The van der Waals surface area contributed by atoms with Gasteiger partial charge in [0.1, 0.15) is 11.5 Å². The molecular weight excluding hydrogens is 394 g/mol.